The second kappa shape index (κ2) is 34.0. The molecule has 26 heteroatoms. The van der Waals surface area contributed by atoms with E-state index in [9.17, 15) is 63.3 Å². The van der Waals surface area contributed by atoms with E-state index in [1.807, 2.05) is 0 Å². The molecule has 9 atom stereocenters. The minimum absolute atomic E-state index is 0.0951. The van der Waals surface area contributed by atoms with E-state index in [-0.39, 0.29) is 38.1 Å². The van der Waals surface area contributed by atoms with Crippen molar-refractivity contribution in [3.8, 4) is 0 Å². The number of aliphatic carboxylic acids is 1. The Kier molecular flexibility index (Phi) is 30.4. The number of likely N-dealkylation sites (tertiary alicyclic amines) is 1. The summed E-state index contributed by atoms with van der Waals surface area (Å²) in [6.45, 7) is 8.35. The number of hydrogen-bond donors (Lipinski definition) is 15. The van der Waals surface area contributed by atoms with Crippen molar-refractivity contribution in [2.75, 3.05) is 45.9 Å². The first-order chi connectivity index (χ1) is 34.0. The van der Waals surface area contributed by atoms with Gasteiger partial charge in [-0.05, 0) is 108 Å². The minimum Gasteiger partial charge on any atom is -0.480 e. The highest BCUT2D eigenvalue weighted by atomic mass is 16.4. The van der Waals surface area contributed by atoms with Crippen molar-refractivity contribution >= 4 is 59.1 Å². The van der Waals surface area contributed by atoms with E-state index < -0.39 is 145 Å². The molecular formula is C46H85N13O13. The molecule has 9 amide bonds. The largest absolute Gasteiger partial charge is 0.480 e. The lowest BCUT2D eigenvalue weighted by Crippen LogP contribution is -2.61. The van der Waals surface area contributed by atoms with Gasteiger partial charge in [0.25, 0.3) is 0 Å². The summed E-state index contributed by atoms with van der Waals surface area (Å²) in [5.41, 5.74) is 23.0. The van der Waals surface area contributed by atoms with Gasteiger partial charge in [-0.1, -0.05) is 41.5 Å². The average molecular weight is 1030 g/mol. The zero-order chi connectivity index (χ0) is 54.7. The van der Waals surface area contributed by atoms with Crippen molar-refractivity contribution in [2.24, 2.45) is 40.7 Å². The van der Waals surface area contributed by atoms with Gasteiger partial charge in [-0.3, -0.25) is 43.2 Å². The fraction of sp³-hybridized carbons (Fsp3) is 0.783. The van der Waals surface area contributed by atoms with Gasteiger partial charge in [-0.15, -0.1) is 0 Å². The molecule has 412 valence electrons. The molecule has 1 aliphatic heterocycles. The van der Waals surface area contributed by atoms with Gasteiger partial charge in [-0.25, -0.2) is 4.79 Å². The molecule has 72 heavy (non-hydrogen) atoms. The first-order valence-electron chi connectivity index (χ1n) is 25.0. The number of carboxylic acid groups (broad SMARTS) is 1. The fourth-order valence-electron chi connectivity index (χ4n) is 7.63. The van der Waals surface area contributed by atoms with Crippen LogP contribution in [0.25, 0.3) is 0 Å². The lowest BCUT2D eigenvalue weighted by atomic mass is 10.0. The maximum atomic E-state index is 14.1. The highest BCUT2D eigenvalue weighted by Gasteiger charge is 2.39. The summed E-state index contributed by atoms with van der Waals surface area (Å²) >= 11 is 0. The molecule has 0 unspecified atom stereocenters. The van der Waals surface area contributed by atoms with Crippen LogP contribution in [0.5, 0.6) is 0 Å². The van der Waals surface area contributed by atoms with Gasteiger partial charge in [0, 0.05) is 6.54 Å². The summed E-state index contributed by atoms with van der Waals surface area (Å²) in [7, 11) is 0. The summed E-state index contributed by atoms with van der Waals surface area (Å²) in [6, 6.07) is -11.2. The van der Waals surface area contributed by atoms with Crippen LogP contribution in [0, 0.1) is 17.8 Å². The van der Waals surface area contributed by atoms with Crippen LogP contribution in [0.15, 0.2) is 0 Å². The third-order valence-corrected chi connectivity index (χ3v) is 12.1. The molecule has 19 N–H and O–H groups in total. The van der Waals surface area contributed by atoms with Gasteiger partial charge in [0.05, 0.1) is 25.8 Å². The van der Waals surface area contributed by atoms with Crippen molar-refractivity contribution in [1.82, 2.24) is 47.4 Å². The van der Waals surface area contributed by atoms with Crippen molar-refractivity contribution in [2.45, 2.75) is 167 Å². The SMILES string of the molecule is CC(C)[C@H](N)C(=O)N[C@@H](CCCCN)C(=O)N[C@@H](CCCCN)C(=O)N1CCC[C@H]1C(=O)NCC(=O)N[C@@H](CO)C(=O)N[C@@H](CO)C(=O)N[C@H](C(=O)N[C@@H](CCCCN)C(=O)N[C@H](C(=O)O)C(C)C)C(C)C. The molecule has 0 aromatic carbocycles. The Hall–Kier alpha value is -5.54. The molecule has 1 heterocycles. The zero-order valence-corrected chi connectivity index (χ0v) is 42.8. The van der Waals surface area contributed by atoms with Crippen molar-refractivity contribution < 1.29 is 63.3 Å². The van der Waals surface area contributed by atoms with Crippen LogP contribution in [-0.2, 0) is 47.9 Å². The van der Waals surface area contributed by atoms with E-state index in [0.717, 1.165) is 0 Å². The van der Waals surface area contributed by atoms with Gasteiger partial charge in [0.1, 0.15) is 48.3 Å². The molecule has 0 bridgehead atoms. The second-order valence-electron chi connectivity index (χ2n) is 19.1. The Morgan fingerprint density at radius 1 is 0.528 bits per heavy atom. The maximum absolute atomic E-state index is 14.1. The molecule has 1 rings (SSSR count). The zero-order valence-electron chi connectivity index (χ0n) is 42.8. The number of carbonyl (C=O) groups excluding carboxylic acids is 9. The first kappa shape index (κ1) is 64.5. The lowest BCUT2D eigenvalue weighted by Gasteiger charge is -2.30. The summed E-state index contributed by atoms with van der Waals surface area (Å²) in [4.78, 5) is 134. The Balaban J connectivity index is 3.06. The maximum Gasteiger partial charge on any atom is 0.326 e. The number of aliphatic hydroxyl groups is 2. The molecule has 0 spiro atoms. The summed E-state index contributed by atoms with van der Waals surface area (Å²) in [5.74, 6) is -9.68. The van der Waals surface area contributed by atoms with E-state index in [1.54, 1.807) is 41.5 Å². The van der Waals surface area contributed by atoms with E-state index in [1.165, 1.54) is 4.90 Å². The molecule has 0 radical (unpaired) electrons. The van der Waals surface area contributed by atoms with Crippen molar-refractivity contribution in [3.05, 3.63) is 0 Å². The van der Waals surface area contributed by atoms with Crippen molar-refractivity contribution in [1.29, 1.82) is 0 Å². The van der Waals surface area contributed by atoms with E-state index >= 15 is 0 Å². The quantitative estimate of drug-likeness (QED) is 0.0265. The number of aliphatic hydroxyl groups excluding tert-OH is 2. The Morgan fingerprint density at radius 2 is 0.944 bits per heavy atom. The lowest BCUT2D eigenvalue weighted by molar-refractivity contribution is -0.143. The van der Waals surface area contributed by atoms with Gasteiger partial charge < -0.3 is 85.7 Å². The smallest absolute Gasteiger partial charge is 0.326 e. The monoisotopic (exact) mass is 1030 g/mol. The summed E-state index contributed by atoms with van der Waals surface area (Å²) in [6.07, 6.45) is 4.11. The third-order valence-electron chi connectivity index (χ3n) is 12.1. The Bertz CT molecular complexity index is 1790. The highest BCUT2D eigenvalue weighted by Crippen LogP contribution is 2.20. The number of carbonyl (C=O) groups is 10. The number of nitrogens with two attached hydrogens (primary N) is 4. The summed E-state index contributed by atoms with van der Waals surface area (Å²) in [5, 5.41) is 49.5. The van der Waals surface area contributed by atoms with Crippen LogP contribution in [0.3, 0.4) is 0 Å². The third kappa shape index (κ3) is 22.1. The number of carboxylic acids is 1. The van der Waals surface area contributed by atoms with Crippen LogP contribution in [-0.4, -0.2) is 180 Å². The number of amides is 9. The number of rotatable bonds is 35. The van der Waals surface area contributed by atoms with Crippen LogP contribution < -0.4 is 65.5 Å². The van der Waals surface area contributed by atoms with Crippen LogP contribution in [0.4, 0.5) is 0 Å². The highest BCUT2D eigenvalue weighted by molar-refractivity contribution is 5.98. The molecule has 26 nitrogen and oxygen atoms in total. The molecule has 1 aliphatic rings. The van der Waals surface area contributed by atoms with Gasteiger partial charge in [0.15, 0.2) is 0 Å². The Morgan fingerprint density at radius 3 is 1.42 bits per heavy atom. The van der Waals surface area contributed by atoms with Gasteiger partial charge in [0.2, 0.25) is 53.2 Å². The molecule has 0 saturated carbocycles. The molecule has 1 saturated heterocycles. The predicted octanol–water partition coefficient (Wildman–Crippen LogP) is -4.76. The van der Waals surface area contributed by atoms with Crippen LogP contribution in [0.2, 0.25) is 0 Å². The molecule has 1 fully saturated rings. The topological polar surface area (TPSA) is 435 Å². The number of unbranched alkanes of at least 4 members (excludes halogenated alkanes) is 3. The number of nitrogens with zero attached hydrogens (tertiary/aromatic N) is 1. The average Bonchev–Trinajstić information content (AvgIpc) is 3.83. The first-order valence-corrected chi connectivity index (χ1v) is 25.0. The van der Waals surface area contributed by atoms with Crippen LogP contribution in [0.1, 0.15) is 112 Å². The Labute approximate surface area is 422 Å². The molecule has 0 aromatic heterocycles. The van der Waals surface area contributed by atoms with Gasteiger partial charge in [-0.2, -0.15) is 0 Å². The van der Waals surface area contributed by atoms with Crippen LogP contribution >= 0.6 is 0 Å². The number of hydrogen-bond acceptors (Lipinski definition) is 16. The molecule has 0 aliphatic carbocycles. The minimum atomic E-state index is -1.71. The summed E-state index contributed by atoms with van der Waals surface area (Å²) < 4.78 is 0. The van der Waals surface area contributed by atoms with Crippen molar-refractivity contribution in [3.63, 3.8) is 0 Å². The van der Waals surface area contributed by atoms with E-state index in [0.29, 0.717) is 64.6 Å². The second-order valence-corrected chi connectivity index (χ2v) is 19.1. The normalized spacial score (nSPS) is 16.8. The molecular weight excluding hydrogens is 943 g/mol. The fourth-order valence-corrected chi connectivity index (χ4v) is 7.63. The van der Waals surface area contributed by atoms with Gasteiger partial charge >= 0.3 is 5.97 Å². The van der Waals surface area contributed by atoms with E-state index in [2.05, 4.69) is 42.5 Å². The van der Waals surface area contributed by atoms with E-state index in [4.69, 9.17) is 22.9 Å². The molecule has 0 aromatic rings. The standard InChI is InChI=1S/C46H85N13O13/c1-25(2)35(50)43(68)53-28(14-7-10-18-47)38(63)55-30(16-9-12-20-49)45(70)59-21-13-17-33(59)42(67)51-22-34(62)52-31(23-60)40(65)56-32(24-61)41(66)57-36(26(3)4)44(69)54-29(15-8-11-19-48)39(64)58-37(27(5)6)46(71)72/h25-33,35-37,60-61H,7-24,47-50H2,1-6H3,(H,51,67)(H,52,62)(H,53,68)(H,54,69)(H,55,63)(H,56,65)(H,57,66)(H,58,64)(H,71,72)/t28-,29-,30-,31-,32-,33-,35-,36-,37-/m0/s1. The number of nitrogens with one attached hydrogen (secondary N) is 8. The predicted molar refractivity (Wildman–Crippen MR) is 264 cm³/mol.